The SMILES string of the molecule is O=C1CC(c2noc(-c3ccco3)n2)CN1c1ccccc1. The van der Waals surface area contributed by atoms with Crippen LogP contribution in [0.4, 0.5) is 5.69 Å². The van der Waals surface area contributed by atoms with Crippen LogP contribution in [0, 0.1) is 0 Å². The van der Waals surface area contributed by atoms with E-state index in [-0.39, 0.29) is 11.8 Å². The Balaban J connectivity index is 1.56. The average Bonchev–Trinajstić information content (AvgIpc) is 3.28. The molecule has 0 N–H and O–H groups in total. The maximum absolute atomic E-state index is 12.2. The molecule has 1 atom stereocenters. The molecule has 22 heavy (non-hydrogen) atoms. The quantitative estimate of drug-likeness (QED) is 0.743. The zero-order chi connectivity index (χ0) is 14.9. The van der Waals surface area contributed by atoms with E-state index in [9.17, 15) is 4.79 Å². The predicted molar refractivity (Wildman–Crippen MR) is 78.2 cm³/mol. The van der Waals surface area contributed by atoms with Crippen LogP contribution in [-0.2, 0) is 4.79 Å². The molecule has 2 aromatic heterocycles. The Labute approximate surface area is 126 Å². The molecule has 0 radical (unpaired) electrons. The van der Waals surface area contributed by atoms with Crippen molar-refractivity contribution in [1.82, 2.24) is 10.1 Å². The molecule has 6 nitrogen and oxygen atoms in total. The second-order valence-corrected chi connectivity index (χ2v) is 5.18. The molecule has 1 amide bonds. The summed E-state index contributed by atoms with van der Waals surface area (Å²) in [7, 11) is 0. The maximum Gasteiger partial charge on any atom is 0.293 e. The van der Waals surface area contributed by atoms with E-state index in [1.807, 2.05) is 30.3 Å². The molecule has 3 heterocycles. The molecule has 0 bridgehead atoms. The highest BCUT2D eigenvalue weighted by molar-refractivity contribution is 5.96. The topological polar surface area (TPSA) is 72.4 Å². The zero-order valence-electron chi connectivity index (χ0n) is 11.7. The van der Waals surface area contributed by atoms with Crippen molar-refractivity contribution in [2.75, 3.05) is 11.4 Å². The fraction of sp³-hybridized carbons (Fsp3) is 0.188. The minimum atomic E-state index is -0.0693. The fourth-order valence-corrected chi connectivity index (χ4v) is 2.64. The first-order valence-electron chi connectivity index (χ1n) is 7.04. The first-order valence-corrected chi connectivity index (χ1v) is 7.04. The Hall–Kier alpha value is -2.89. The van der Waals surface area contributed by atoms with Crippen LogP contribution in [0.2, 0.25) is 0 Å². The average molecular weight is 295 g/mol. The van der Waals surface area contributed by atoms with Gasteiger partial charge in [0.1, 0.15) is 0 Å². The highest BCUT2D eigenvalue weighted by Crippen LogP contribution is 2.31. The van der Waals surface area contributed by atoms with E-state index in [0.717, 1.165) is 5.69 Å². The van der Waals surface area contributed by atoms with Gasteiger partial charge in [0.2, 0.25) is 5.91 Å². The van der Waals surface area contributed by atoms with Crippen LogP contribution in [0.5, 0.6) is 0 Å². The van der Waals surface area contributed by atoms with Crippen molar-refractivity contribution in [3.05, 3.63) is 54.6 Å². The number of carbonyl (C=O) groups excluding carboxylic acids is 1. The minimum Gasteiger partial charge on any atom is -0.459 e. The van der Waals surface area contributed by atoms with Gasteiger partial charge in [0.25, 0.3) is 5.89 Å². The second-order valence-electron chi connectivity index (χ2n) is 5.18. The molecule has 0 spiro atoms. The summed E-state index contributed by atoms with van der Waals surface area (Å²) in [4.78, 5) is 18.3. The Morgan fingerprint density at radius 1 is 1.14 bits per heavy atom. The predicted octanol–water partition coefficient (Wildman–Crippen LogP) is 2.85. The summed E-state index contributed by atoms with van der Waals surface area (Å²) in [6, 6.07) is 13.1. The number of benzene rings is 1. The number of para-hydroxylation sites is 1. The van der Waals surface area contributed by atoms with E-state index in [1.54, 1.807) is 23.3 Å². The molecule has 1 fully saturated rings. The number of furan rings is 1. The number of rotatable bonds is 3. The summed E-state index contributed by atoms with van der Waals surface area (Å²) in [5.74, 6) is 1.41. The van der Waals surface area contributed by atoms with Crippen molar-refractivity contribution in [2.45, 2.75) is 12.3 Å². The van der Waals surface area contributed by atoms with Gasteiger partial charge in [-0.2, -0.15) is 4.98 Å². The highest BCUT2D eigenvalue weighted by atomic mass is 16.5. The Kier molecular flexibility index (Phi) is 3.00. The van der Waals surface area contributed by atoms with Crippen LogP contribution in [0.15, 0.2) is 57.7 Å². The molecule has 0 saturated carbocycles. The van der Waals surface area contributed by atoms with Crippen molar-refractivity contribution >= 4 is 11.6 Å². The number of anilines is 1. The number of aromatic nitrogens is 2. The van der Waals surface area contributed by atoms with Crippen molar-refractivity contribution in [3.63, 3.8) is 0 Å². The Morgan fingerprint density at radius 2 is 2.00 bits per heavy atom. The van der Waals surface area contributed by atoms with Gasteiger partial charge < -0.3 is 13.8 Å². The Bertz CT molecular complexity index is 780. The van der Waals surface area contributed by atoms with Gasteiger partial charge >= 0.3 is 0 Å². The fourth-order valence-electron chi connectivity index (χ4n) is 2.64. The van der Waals surface area contributed by atoms with E-state index in [2.05, 4.69) is 10.1 Å². The first-order chi connectivity index (χ1) is 10.8. The summed E-state index contributed by atoms with van der Waals surface area (Å²) < 4.78 is 10.4. The van der Waals surface area contributed by atoms with Gasteiger partial charge in [-0.3, -0.25) is 4.79 Å². The number of nitrogens with zero attached hydrogens (tertiary/aromatic N) is 3. The third-order valence-electron chi connectivity index (χ3n) is 3.73. The molecule has 0 aliphatic carbocycles. The van der Waals surface area contributed by atoms with Crippen LogP contribution < -0.4 is 4.90 Å². The molecule has 1 aliphatic heterocycles. The first kappa shape index (κ1) is 12.8. The van der Waals surface area contributed by atoms with Gasteiger partial charge in [0.15, 0.2) is 11.6 Å². The number of hydrogen-bond donors (Lipinski definition) is 0. The van der Waals surface area contributed by atoms with Crippen LogP contribution in [0.25, 0.3) is 11.7 Å². The van der Waals surface area contributed by atoms with Crippen molar-refractivity contribution in [1.29, 1.82) is 0 Å². The third kappa shape index (κ3) is 2.18. The Morgan fingerprint density at radius 3 is 2.77 bits per heavy atom. The van der Waals surface area contributed by atoms with Crippen molar-refractivity contribution in [2.24, 2.45) is 0 Å². The third-order valence-corrected chi connectivity index (χ3v) is 3.73. The summed E-state index contributed by atoms with van der Waals surface area (Å²) in [6.45, 7) is 0.556. The molecule has 1 unspecified atom stereocenters. The lowest BCUT2D eigenvalue weighted by Crippen LogP contribution is -2.24. The standard InChI is InChI=1S/C16H13N3O3/c20-14-9-11(10-19(14)12-5-2-1-3-6-12)15-17-16(22-18-15)13-7-4-8-21-13/h1-8,11H,9-10H2. The number of carbonyl (C=O) groups is 1. The van der Waals surface area contributed by atoms with E-state index in [4.69, 9.17) is 8.94 Å². The molecule has 1 saturated heterocycles. The van der Waals surface area contributed by atoms with Crippen LogP contribution in [0.1, 0.15) is 18.2 Å². The molecular weight excluding hydrogens is 282 g/mol. The normalized spacial score (nSPS) is 18.1. The van der Waals surface area contributed by atoms with Gasteiger partial charge in [0.05, 0.1) is 6.26 Å². The van der Waals surface area contributed by atoms with Gasteiger partial charge in [-0.05, 0) is 24.3 Å². The minimum absolute atomic E-state index is 0.0693. The molecular formula is C16H13N3O3. The van der Waals surface area contributed by atoms with E-state index < -0.39 is 0 Å². The summed E-state index contributed by atoms with van der Waals surface area (Å²) in [5, 5.41) is 3.99. The van der Waals surface area contributed by atoms with Crippen molar-refractivity contribution in [3.8, 4) is 11.7 Å². The molecule has 110 valence electrons. The summed E-state index contributed by atoms with van der Waals surface area (Å²) >= 11 is 0. The lowest BCUT2D eigenvalue weighted by atomic mass is 10.1. The summed E-state index contributed by atoms with van der Waals surface area (Å²) in [6.07, 6.45) is 1.93. The van der Waals surface area contributed by atoms with Crippen LogP contribution >= 0.6 is 0 Å². The largest absolute Gasteiger partial charge is 0.459 e. The molecule has 6 heteroatoms. The van der Waals surface area contributed by atoms with Gasteiger partial charge in [-0.15, -0.1) is 0 Å². The lowest BCUT2D eigenvalue weighted by Gasteiger charge is -2.15. The van der Waals surface area contributed by atoms with Crippen molar-refractivity contribution < 1.29 is 13.7 Å². The second kappa shape index (κ2) is 5.14. The zero-order valence-corrected chi connectivity index (χ0v) is 11.7. The molecule has 4 rings (SSSR count). The smallest absolute Gasteiger partial charge is 0.293 e. The highest BCUT2D eigenvalue weighted by Gasteiger charge is 2.34. The molecule has 3 aromatic rings. The number of amides is 1. The van der Waals surface area contributed by atoms with E-state index >= 15 is 0 Å². The van der Waals surface area contributed by atoms with Crippen LogP contribution in [0.3, 0.4) is 0 Å². The monoisotopic (exact) mass is 295 g/mol. The van der Waals surface area contributed by atoms with Gasteiger partial charge in [-0.1, -0.05) is 23.4 Å². The lowest BCUT2D eigenvalue weighted by molar-refractivity contribution is -0.117. The molecule has 1 aliphatic rings. The van der Waals surface area contributed by atoms with E-state index in [1.165, 1.54) is 0 Å². The molecule has 1 aromatic carbocycles. The summed E-state index contributed by atoms with van der Waals surface area (Å²) in [5.41, 5.74) is 0.893. The maximum atomic E-state index is 12.2. The van der Waals surface area contributed by atoms with Crippen LogP contribution in [-0.4, -0.2) is 22.6 Å². The number of hydrogen-bond acceptors (Lipinski definition) is 5. The van der Waals surface area contributed by atoms with Gasteiger partial charge in [-0.25, -0.2) is 0 Å². The van der Waals surface area contributed by atoms with Gasteiger partial charge in [0, 0.05) is 24.6 Å². The van der Waals surface area contributed by atoms with E-state index in [0.29, 0.717) is 30.4 Å².